The molecule has 14 heavy (non-hydrogen) atoms. The van der Waals surface area contributed by atoms with E-state index < -0.39 is 6.10 Å². The van der Waals surface area contributed by atoms with Crippen molar-refractivity contribution in [3.05, 3.63) is 34.1 Å². The Balaban J connectivity index is 2.67. The molecule has 0 saturated carbocycles. The van der Waals surface area contributed by atoms with Crippen molar-refractivity contribution < 1.29 is 14.2 Å². The Labute approximate surface area is 90.8 Å². The number of methoxy groups -OCH3 is 1. The molecule has 0 heterocycles. The minimum Gasteiger partial charge on any atom is -0.390 e. The Kier molecular flexibility index (Phi) is 4.51. The van der Waals surface area contributed by atoms with Gasteiger partial charge in [0.1, 0.15) is 5.82 Å². The minimum atomic E-state index is -0.554. The van der Waals surface area contributed by atoms with Gasteiger partial charge in [-0.05, 0) is 17.7 Å². The largest absolute Gasteiger partial charge is 0.390 e. The molecule has 0 spiro atoms. The second-order valence-corrected chi connectivity index (χ2v) is 3.90. The normalized spacial score (nSPS) is 12.9. The van der Waals surface area contributed by atoms with Crippen LogP contribution in [0.4, 0.5) is 4.39 Å². The van der Waals surface area contributed by atoms with Gasteiger partial charge in [-0.2, -0.15) is 0 Å². The molecule has 0 aliphatic heterocycles. The lowest BCUT2D eigenvalue weighted by molar-refractivity contribution is 0.0649. The lowest BCUT2D eigenvalue weighted by atomic mass is 10.1. The Morgan fingerprint density at radius 1 is 1.57 bits per heavy atom. The maximum atomic E-state index is 12.7. The zero-order valence-corrected chi connectivity index (χ0v) is 9.42. The first-order valence-corrected chi connectivity index (χ1v) is 5.03. The van der Waals surface area contributed by atoms with Gasteiger partial charge < -0.3 is 9.84 Å². The van der Waals surface area contributed by atoms with Crippen LogP contribution in [0.1, 0.15) is 5.56 Å². The average Bonchev–Trinajstić information content (AvgIpc) is 2.10. The third kappa shape index (κ3) is 3.36. The summed E-state index contributed by atoms with van der Waals surface area (Å²) in [5, 5.41) is 9.46. The van der Waals surface area contributed by atoms with Crippen LogP contribution in [0, 0.1) is 5.82 Å². The maximum absolute atomic E-state index is 12.7. The number of hydrogen-bond acceptors (Lipinski definition) is 2. The first-order chi connectivity index (χ1) is 6.63. The molecule has 0 aromatic heterocycles. The van der Waals surface area contributed by atoms with Gasteiger partial charge in [0.15, 0.2) is 0 Å². The Hall–Kier alpha value is -0.450. The molecule has 0 amide bonds. The number of benzene rings is 1. The molecule has 1 unspecified atom stereocenters. The van der Waals surface area contributed by atoms with Crippen molar-refractivity contribution >= 4 is 15.9 Å². The number of halogens is 2. The van der Waals surface area contributed by atoms with Gasteiger partial charge in [0.05, 0.1) is 12.7 Å². The van der Waals surface area contributed by atoms with Crippen LogP contribution in [-0.2, 0) is 11.2 Å². The number of ether oxygens (including phenoxy) is 1. The van der Waals surface area contributed by atoms with Crippen molar-refractivity contribution in [2.24, 2.45) is 0 Å². The molecule has 2 nitrogen and oxygen atoms in total. The molecular weight excluding hydrogens is 251 g/mol. The molecule has 0 aliphatic carbocycles. The van der Waals surface area contributed by atoms with E-state index >= 15 is 0 Å². The molecule has 4 heteroatoms. The van der Waals surface area contributed by atoms with Crippen LogP contribution in [0.15, 0.2) is 22.7 Å². The second kappa shape index (κ2) is 5.44. The molecule has 0 radical (unpaired) electrons. The predicted molar refractivity (Wildman–Crippen MR) is 55.7 cm³/mol. The molecule has 1 rings (SSSR count). The fourth-order valence-corrected chi connectivity index (χ4v) is 1.71. The smallest absolute Gasteiger partial charge is 0.124 e. The van der Waals surface area contributed by atoms with E-state index in [1.807, 2.05) is 0 Å². The van der Waals surface area contributed by atoms with Gasteiger partial charge in [0.2, 0.25) is 0 Å². The van der Waals surface area contributed by atoms with Gasteiger partial charge in [-0.3, -0.25) is 0 Å². The van der Waals surface area contributed by atoms with Crippen molar-refractivity contribution in [1.29, 1.82) is 0 Å². The number of aliphatic hydroxyl groups is 1. The fourth-order valence-electron chi connectivity index (χ4n) is 1.19. The van der Waals surface area contributed by atoms with Crippen LogP contribution in [-0.4, -0.2) is 24.9 Å². The van der Waals surface area contributed by atoms with Gasteiger partial charge >= 0.3 is 0 Å². The second-order valence-electron chi connectivity index (χ2n) is 3.05. The fraction of sp³-hybridized carbons (Fsp3) is 0.400. The molecular formula is C10H12BrFO2. The van der Waals surface area contributed by atoms with Gasteiger partial charge in [-0.25, -0.2) is 4.39 Å². The summed E-state index contributed by atoms with van der Waals surface area (Å²) in [5.41, 5.74) is 0.871. The summed E-state index contributed by atoms with van der Waals surface area (Å²) >= 11 is 3.23. The standard InChI is InChI=1S/C10H12BrFO2/c1-14-6-9(13)4-7-2-3-8(12)5-10(7)11/h2-3,5,9,13H,4,6H2,1H3. The molecule has 1 aromatic carbocycles. The summed E-state index contributed by atoms with van der Waals surface area (Å²) in [7, 11) is 1.53. The maximum Gasteiger partial charge on any atom is 0.124 e. The molecule has 1 atom stereocenters. The van der Waals surface area contributed by atoms with Crippen molar-refractivity contribution in [2.75, 3.05) is 13.7 Å². The predicted octanol–water partition coefficient (Wildman–Crippen LogP) is 2.14. The highest BCUT2D eigenvalue weighted by Crippen LogP contribution is 2.19. The Morgan fingerprint density at radius 3 is 2.86 bits per heavy atom. The first-order valence-electron chi connectivity index (χ1n) is 4.24. The summed E-state index contributed by atoms with van der Waals surface area (Å²) in [4.78, 5) is 0. The molecule has 0 aliphatic rings. The third-order valence-corrected chi connectivity index (χ3v) is 2.57. The van der Waals surface area contributed by atoms with E-state index in [9.17, 15) is 9.50 Å². The summed E-state index contributed by atoms with van der Waals surface area (Å²) in [6.07, 6.45) is -0.101. The summed E-state index contributed by atoms with van der Waals surface area (Å²) in [6.45, 7) is 0.282. The molecule has 1 N–H and O–H groups in total. The molecule has 0 fully saturated rings. The van der Waals surface area contributed by atoms with E-state index in [-0.39, 0.29) is 12.4 Å². The van der Waals surface area contributed by atoms with Crippen molar-refractivity contribution in [3.8, 4) is 0 Å². The van der Waals surface area contributed by atoms with Crippen LogP contribution < -0.4 is 0 Å². The molecule has 78 valence electrons. The number of rotatable bonds is 4. The van der Waals surface area contributed by atoms with Crippen LogP contribution in [0.25, 0.3) is 0 Å². The van der Waals surface area contributed by atoms with Gasteiger partial charge in [-0.15, -0.1) is 0 Å². The van der Waals surface area contributed by atoms with Crippen molar-refractivity contribution in [2.45, 2.75) is 12.5 Å². The van der Waals surface area contributed by atoms with Crippen LogP contribution in [0.2, 0.25) is 0 Å². The molecule has 0 saturated heterocycles. The van der Waals surface area contributed by atoms with E-state index in [1.165, 1.54) is 19.2 Å². The first kappa shape index (κ1) is 11.6. The zero-order chi connectivity index (χ0) is 10.6. The highest BCUT2D eigenvalue weighted by atomic mass is 79.9. The van der Waals surface area contributed by atoms with E-state index in [0.29, 0.717) is 10.9 Å². The SMILES string of the molecule is COCC(O)Cc1ccc(F)cc1Br. The van der Waals surface area contributed by atoms with Crippen LogP contribution in [0.3, 0.4) is 0 Å². The summed E-state index contributed by atoms with van der Waals surface area (Å²) < 4.78 is 18.2. The number of hydrogen-bond donors (Lipinski definition) is 1. The van der Waals surface area contributed by atoms with E-state index in [2.05, 4.69) is 15.9 Å². The summed E-state index contributed by atoms with van der Waals surface area (Å²) in [5.74, 6) is -0.290. The number of aliphatic hydroxyl groups excluding tert-OH is 1. The topological polar surface area (TPSA) is 29.5 Å². The highest BCUT2D eigenvalue weighted by molar-refractivity contribution is 9.10. The summed E-state index contributed by atoms with van der Waals surface area (Å²) in [6, 6.07) is 4.41. The Bertz CT molecular complexity index is 304. The van der Waals surface area contributed by atoms with Gasteiger partial charge in [0.25, 0.3) is 0 Å². The lowest BCUT2D eigenvalue weighted by Gasteiger charge is -2.10. The molecule has 0 bridgehead atoms. The van der Waals surface area contributed by atoms with E-state index in [4.69, 9.17) is 4.74 Å². The zero-order valence-electron chi connectivity index (χ0n) is 7.84. The van der Waals surface area contributed by atoms with Crippen molar-refractivity contribution in [1.82, 2.24) is 0 Å². The lowest BCUT2D eigenvalue weighted by Crippen LogP contribution is -2.17. The van der Waals surface area contributed by atoms with E-state index in [0.717, 1.165) is 5.56 Å². The monoisotopic (exact) mass is 262 g/mol. The van der Waals surface area contributed by atoms with Crippen LogP contribution >= 0.6 is 15.9 Å². The minimum absolute atomic E-state index is 0.282. The molecule has 1 aromatic rings. The highest BCUT2D eigenvalue weighted by Gasteiger charge is 2.08. The van der Waals surface area contributed by atoms with Gasteiger partial charge in [-0.1, -0.05) is 22.0 Å². The quantitative estimate of drug-likeness (QED) is 0.901. The van der Waals surface area contributed by atoms with Crippen LogP contribution in [0.5, 0.6) is 0 Å². The van der Waals surface area contributed by atoms with Crippen molar-refractivity contribution in [3.63, 3.8) is 0 Å². The van der Waals surface area contributed by atoms with Gasteiger partial charge in [0, 0.05) is 18.0 Å². The third-order valence-electron chi connectivity index (χ3n) is 1.83. The van der Waals surface area contributed by atoms with E-state index in [1.54, 1.807) is 6.07 Å². The average molecular weight is 263 g/mol. The Morgan fingerprint density at radius 2 is 2.29 bits per heavy atom.